The van der Waals surface area contributed by atoms with Crippen LogP contribution in [-0.4, -0.2) is 25.7 Å². The normalized spacial score (nSPS) is 20.8. The highest BCUT2D eigenvalue weighted by molar-refractivity contribution is 4.79. The van der Waals surface area contributed by atoms with Gasteiger partial charge in [0.25, 0.3) is 0 Å². The molecule has 0 aromatic carbocycles. The van der Waals surface area contributed by atoms with Gasteiger partial charge in [-0.15, -0.1) is 0 Å². The lowest BCUT2D eigenvalue weighted by Crippen LogP contribution is -2.31. The van der Waals surface area contributed by atoms with E-state index in [1.807, 2.05) is 0 Å². The maximum absolute atomic E-state index is 3.56. The van der Waals surface area contributed by atoms with Gasteiger partial charge in [0.2, 0.25) is 0 Å². The molecule has 1 aliphatic rings. The van der Waals surface area contributed by atoms with Gasteiger partial charge in [-0.2, -0.15) is 0 Å². The second-order valence-corrected chi connectivity index (χ2v) is 4.77. The molecule has 0 saturated heterocycles. The Morgan fingerprint density at radius 3 is 2.57 bits per heavy atom. The van der Waals surface area contributed by atoms with Crippen molar-refractivity contribution in [1.29, 1.82) is 0 Å². The van der Waals surface area contributed by atoms with E-state index in [9.17, 15) is 0 Å². The van der Waals surface area contributed by atoms with Crippen LogP contribution < -0.4 is 10.6 Å². The van der Waals surface area contributed by atoms with Gasteiger partial charge in [-0.05, 0) is 57.7 Å². The van der Waals surface area contributed by atoms with Crippen LogP contribution in [0.4, 0.5) is 0 Å². The van der Waals surface area contributed by atoms with E-state index in [1.165, 1.54) is 25.8 Å². The molecule has 1 aliphatic carbocycles. The third-order valence-corrected chi connectivity index (χ3v) is 3.20. The summed E-state index contributed by atoms with van der Waals surface area (Å²) >= 11 is 0. The molecule has 1 fully saturated rings. The van der Waals surface area contributed by atoms with Gasteiger partial charge in [-0.1, -0.05) is 13.8 Å². The van der Waals surface area contributed by atoms with Crippen LogP contribution in [0.1, 0.15) is 40.0 Å². The minimum absolute atomic E-state index is 0.656. The molecule has 2 N–H and O–H groups in total. The molecule has 2 unspecified atom stereocenters. The fraction of sp³-hybridized carbons (Fsp3) is 1.00. The highest BCUT2D eigenvalue weighted by Crippen LogP contribution is 2.35. The standard InChI is InChI=1S/C12H26N2/c1-4-14-11(3)7-8-13-9-10(2)12-5-6-12/h10-14H,4-9H2,1-3H3. The number of hydrogen-bond donors (Lipinski definition) is 2. The quantitative estimate of drug-likeness (QED) is 0.583. The maximum atomic E-state index is 3.56. The van der Waals surface area contributed by atoms with Gasteiger partial charge < -0.3 is 10.6 Å². The molecule has 0 aromatic rings. The average Bonchev–Trinajstić information content (AvgIpc) is 2.95. The first-order valence-electron chi connectivity index (χ1n) is 6.18. The molecule has 0 radical (unpaired) electrons. The van der Waals surface area contributed by atoms with Gasteiger partial charge in [0.05, 0.1) is 0 Å². The van der Waals surface area contributed by atoms with Crippen molar-refractivity contribution in [3.05, 3.63) is 0 Å². The largest absolute Gasteiger partial charge is 0.316 e. The molecule has 0 aromatic heterocycles. The zero-order valence-corrected chi connectivity index (χ0v) is 9.97. The molecule has 14 heavy (non-hydrogen) atoms. The van der Waals surface area contributed by atoms with Crippen LogP contribution in [0.2, 0.25) is 0 Å². The third-order valence-electron chi connectivity index (χ3n) is 3.20. The molecule has 0 spiro atoms. The summed E-state index contributed by atoms with van der Waals surface area (Å²) in [5.74, 6) is 1.93. The predicted molar refractivity (Wildman–Crippen MR) is 62.5 cm³/mol. The minimum Gasteiger partial charge on any atom is -0.316 e. The molecule has 84 valence electrons. The molecular formula is C12H26N2. The molecule has 1 saturated carbocycles. The van der Waals surface area contributed by atoms with Crippen molar-refractivity contribution in [2.24, 2.45) is 11.8 Å². The first-order chi connectivity index (χ1) is 6.74. The first kappa shape index (κ1) is 12.0. The fourth-order valence-electron chi connectivity index (χ4n) is 1.93. The first-order valence-corrected chi connectivity index (χ1v) is 6.18. The molecule has 0 bridgehead atoms. The van der Waals surface area contributed by atoms with E-state index >= 15 is 0 Å². The van der Waals surface area contributed by atoms with Crippen LogP contribution >= 0.6 is 0 Å². The van der Waals surface area contributed by atoms with Gasteiger partial charge in [0.1, 0.15) is 0 Å². The maximum Gasteiger partial charge on any atom is 0.00506 e. The van der Waals surface area contributed by atoms with E-state index in [-0.39, 0.29) is 0 Å². The smallest absolute Gasteiger partial charge is 0.00506 e. The zero-order chi connectivity index (χ0) is 10.4. The summed E-state index contributed by atoms with van der Waals surface area (Å²) in [5, 5.41) is 6.98. The number of hydrogen-bond acceptors (Lipinski definition) is 2. The van der Waals surface area contributed by atoms with Crippen LogP contribution in [0.3, 0.4) is 0 Å². The van der Waals surface area contributed by atoms with E-state index in [2.05, 4.69) is 31.4 Å². The Hall–Kier alpha value is -0.0800. The molecule has 0 amide bonds. The van der Waals surface area contributed by atoms with E-state index in [4.69, 9.17) is 0 Å². The van der Waals surface area contributed by atoms with Gasteiger partial charge in [-0.3, -0.25) is 0 Å². The van der Waals surface area contributed by atoms with Gasteiger partial charge >= 0.3 is 0 Å². The summed E-state index contributed by atoms with van der Waals surface area (Å²) < 4.78 is 0. The Kier molecular flexibility index (Phi) is 5.49. The zero-order valence-electron chi connectivity index (χ0n) is 9.97. The van der Waals surface area contributed by atoms with Gasteiger partial charge in [0, 0.05) is 6.04 Å². The molecule has 2 atom stereocenters. The lowest BCUT2D eigenvalue weighted by molar-refractivity contribution is 0.439. The van der Waals surface area contributed by atoms with Crippen LogP contribution in [0.5, 0.6) is 0 Å². The Bertz CT molecular complexity index is 143. The Morgan fingerprint density at radius 2 is 2.00 bits per heavy atom. The molecule has 2 heteroatoms. The summed E-state index contributed by atoms with van der Waals surface area (Å²) in [5.41, 5.74) is 0. The molecule has 2 nitrogen and oxygen atoms in total. The van der Waals surface area contributed by atoms with Crippen LogP contribution in [-0.2, 0) is 0 Å². The Labute approximate surface area is 88.8 Å². The predicted octanol–water partition coefficient (Wildman–Crippen LogP) is 2.01. The van der Waals surface area contributed by atoms with E-state index in [0.717, 1.165) is 24.9 Å². The van der Waals surface area contributed by atoms with Crippen molar-refractivity contribution >= 4 is 0 Å². The molecule has 0 heterocycles. The summed E-state index contributed by atoms with van der Waals surface area (Å²) in [7, 11) is 0. The molecular weight excluding hydrogens is 172 g/mol. The number of rotatable bonds is 8. The minimum atomic E-state index is 0.656. The highest BCUT2D eigenvalue weighted by Gasteiger charge is 2.27. The molecule has 1 rings (SSSR count). The Morgan fingerprint density at radius 1 is 1.29 bits per heavy atom. The number of nitrogens with one attached hydrogen (secondary N) is 2. The summed E-state index contributed by atoms with van der Waals surface area (Å²) in [4.78, 5) is 0. The van der Waals surface area contributed by atoms with Crippen molar-refractivity contribution in [1.82, 2.24) is 10.6 Å². The summed E-state index contributed by atoms with van der Waals surface area (Å²) in [6.07, 6.45) is 4.18. The van der Waals surface area contributed by atoms with Gasteiger partial charge in [0.15, 0.2) is 0 Å². The van der Waals surface area contributed by atoms with Gasteiger partial charge in [-0.25, -0.2) is 0 Å². The van der Waals surface area contributed by atoms with Crippen molar-refractivity contribution < 1.29 is 0 Å². The highest BCUT2D eigenvalue weighted by atomic mass is 14.9. The fourth-order valence-corrected chi connectivity index (χ4v) is 1.93. The van der Waals surface area contributed by atoms with Crippen molar-refractivity contribution in [3.63, 3.8) is 0 Å². The molecule has 0 aliphatic heterocycles. The van der Waals surface area contributed by atoms with Crippen molar-refractivity contribution in [3.8, 4) is 0 Å². The second kappa shape index (κ2) is 6.41. The van der Waals surface area contributed by atoms with Crippen molar-refractivity contribution in [2.45, 2.75) is 46.1 Å². The topological polar surface area (TPSA) is 24.1 Å². The lowest BCUT2D eigenvalue weighted by Gasteiger charge is -2.14. The second-order valence-electron chi connectivity index (χ2n) is 4.77. The van der Waals surface area contributed by atoms with Crippen molar-refractivity contribution in [2.75, 3.05) is 19.6 Å². The lowest BCUT2D eigenvalue weighted by atomic mass is 10.1. The van der Waals surface area contributed by atoms with Crippen LogP contribution in [0.15, 0.2) is 0 Å². The van der Waals surface area contributed by atoms with E-state index < -0.39 is 0 Å². The van der Waals surface area contributed by atoms with E-state index in [0.29, 0.717) is 6.04 Å². The van der Waals surface area contributed by atoms with E-state index in [1.54, 1.807) is 0 Å². The van der Waals surface area contributed by atoms with Crippen LogP contribution in [0.25, 0.3) is 0 Å². The van der Waals surface area contributed by atoms with Crippen LogP contribution in [0, 0.1) is 11.8 Å². The monoisotopic (exact) mass is 198 g/mol. The SMILES string of the molecule is CCNC(C)CCNCC(C)C1CC1. The summed E-state index contributed by atoms with van der Waals surface area (Å²) in [6, 6.07) is 0.656. The Balaban J connectivity index is 1.87. The average molecular weight is 198 g/mol. The summed E-state index contributed by atoms with van der Waals surface area (Å²) in [6.45, 7) is 10.3. The third kappa shape index (κ3) is 4.97.